The Morgan fingerprint density at radius 2 is 1.91 bits per heavy atom. The Kier molecular flexibility index (Phi) is 4.02. The topological polar surface area (TPSA) is 80.5 Å². The third-order valence-corrected chi connectivity index (χ3v) is 6.10. The zero-order chi connectivity index (χ0) is 16.6. The average molecular weight is 332 g/mol. The van der Waals surface area contributed by atoms with E-state index in [0.29, 0.717) is 29.2 Å². The van der Waals surface area contributed by atoms with Gasteiger partial charge in [-0.2, -0.15) is 0 Å². The maximum atomic E-state index is 12.8. The monoisotopic (exact) mass is 332 g/mol. The molecule has 0 fully saturated rings. The molecule has 0 saturated carbocycles. The van der Waals surface area contributed by atoms with Gasteiger partial charge in [-0.3, -0.25) is 4.31 Å². The molecule has 5 nitrogen and oxygen atoms in total. The van der Waals surface area contributed by atoms with Crippen molar-refractivity contribution in [3.63, 3.8) is 0 Å². The first-order valence-corrected chi connectivity index (χ1v) is 9.20. The van der Waals surface area contributed by atoms with Crippen LogP contribution in [0.1, 0.15) is 32.6 Å². The number of sulfonamides is 1. The number of ketones is 1. The lowest BCUT2D eigenvalue weighted by atomic mass is 10.1. The number of nitrogens with zero attached hydrogens (tertiary/aromatic N) is 1. The first-order valence-electron chi connectivity index (χ1n) is 7.76. The predicted octanol–water partition coefficient (Wildman–Crippen LogP) is 3.08. The lowest BCUT2D eigenvalue weighted by Gasteiger charge is -2.18. The van der Waals surface area contributed by atoms with Crippen LogP contribution >= 0.6 is 0 Å². The van der Waals surface area contributed by atoms with Gasteiger partial charge in [0, 0.05) is 29.4 Å². The Morgan fingerprint density at radius 3 is 2.65 bits per heavy atom. The first kappa shape index (κ1) is 15.8. The molecule has 2 aromatic carbocycles. The molecule has 23 heavy (non-hydrogen) atoms. The molecule has 3 rings (SSSR count). The van der Waals surface area contributed by atoms with Gasteiger partial charge in [0.1, 0.15) is 5.78 Å². The van der Waals surface area contributed by atoms with Gasteiger partial charge in [-0.15, -0.1) is 0 Å². The number of anilines is 2. The SMILES string of the molecule is CC(=O)CCCCCN1c2ccc(N)c3cccc(c23)S1(=O)=O. The summed E-state index contributed by atoms with van der Waals surface area (Å²) in [6.45, 7) is 2.00. The molecule has 0 aliphatic carbocycles. The number of rotatable bonds is 6. The van der Waals surface area contributed by atoms with Crippen LogP contribution < -0.4 is 10.0 Å². The van der Waals surface area contributed by atoms with Gasteiger partial charge < -0.3 is 10.5 Å². The fourth-order valence-electron chi connectivity index (χ4n) is 3.10. The number of hydrogen-bond acceptors (Lipinski definition) is 4. The van der Waals surface area contributed by atoms with Gasteiger partial charge in [-0.1, -0.05) is 18.6 Å². The van der Waals surface area contributed by atoms with Crippen molar-refractivity contribution in [2.45, 2.75) is 37.5 Å². The standard InChI is InChI=1S/C17H20N2O3S/c1-12(20)6-3-2-4-11-19-15-10-9-14(18)13-7-5-8-16(17(13)15)23(19,21)22/h5,7-10H,2-4,6,11,18H2,1H3. The molecule has 2 N–H and O–H groups in total. The van der Waals surface area contributed by atoms with Crippen LogP contribution in [0.2, 0.25) is 0 Å². The summed E-state index contributed by atoms with van der Waals surface area (Å²) in [5, 5.41) is 1.50. The van der Waals surface area contributed by atoms with Crippen LogP contribution in [0.4, 0.5) is 11.4 Å². The largest absolute Gasteiger partial charge is 0.398 e. The molecular formula is C17H20N2O3S. The second-order valence-electron chi connectivity index (χ2n) is 5.94. The molecule has 1 aliphatic rings. The van der Waals surface area contributed by atoms with Crippen molar-refractivity contribution in [3.8, 4) is 0 Å². The second-order valence-corrected chi connectivity index (χ2v) is 7.77. The number of carbonyl (C=O) groups is 1. The Bertz CT molecular complexity index is 875. The molecular weight excluding hydrogens is 312 g/mol. The Morgan fingerprint density at radius 1 is 1.13 bits per heavy atom. The summed E-state index contributed by atoms with van der Waals surface area (Å²) in [4.78, 5) is 11.3. The summed E-state index contributed by atoms with van der Waals surface area (Å²) in [6, 6.07) is 8.75. The molecule has 0 atom stereocenters. The Balaban J connectivity index is 1.87. The summed E-state index contributed by atoms with van der Waals surface area (Å²) < 4.78 is 27.0. The van der Waals surface area contributed by atoms with E-state index in [1.54, 1.807) is 31.2 Å². The number of unbranched alkanes of at least 4 members (excludes halogenated alkanes) is 2. The van der Waals surface area contributed by atoms with Crippen molar-refractivity contribution in [2.75, 3.05) is 16.6 Å². The van der Waals surface area contributed by atoms with Crippen LogP contribution in [-0.2, 0) is 14.8 Å². The van der Waals surface area contributed by atoms with Crippen molar-refractivity contribution < 1.29 is 13.2 Å². The molecule has 6 heteroatoms. The van der Waals surface area contributed by atoms with E-state index in [1.165, 1.54) is 4.31 Å². The molecule has 0 amide bonds. The fourth-order valence-corrected chi connectivity index (χ4v) is 4.84. The molecule has 0 radical (unpaired) electrons. The minimum atomic E-state index is -3.51. The molecule has 0 aromatic heterocycles. The minimum absolute atomic E-state index is 0.173. The molecule has 122 valence electrons. The van der Waals surface area contributed by atoms with Crippen molar-refractivity contribution >= 4 is 38.0 Å². The number of hydrogen-bond donors (Lipinski definition) is 1. The summed E-state index contributed by atoms with van der Waals surface area (Å²) in [5.74, 6) is 0.173. The van der Waals surface area contributed by atoms with Crippen LogP contribution in [-0.4, -0.2) is 20.7 Å². The van der Waals surface area contributed by atoms with Crippen LogP contribution in [0, 0.1) is 0 Å². The van der Waals surface area contributed by atoms with E-state index in [0.717, 1.165) is 30.0 Å². The molecule has 0 unspecified atom stereocenters. The molecule has 0 spiro atoms. The maximum Gasteiger partial charge on any atom is 0.265 e. The molecule has 0 bridgehead atoms. The summed E-state index contributed by atoms with van der Waals surface area (Å²) in [7, 11) is -3.51. The van der Waals surface area contributed by atoms with E-state index in [-0.39, 0.29) is 5.78 Å². The average Bonchev–Trinajstić information content (AvgIpc) is 2.72. The zero-order valence-corrected chi connectivity index (χ0v) is 13.9. The van der Waals surface area contributed by atoms with Gasteiger partial charge in [-0.25, -0.2) is 8.42 Å². The highest BCUT2D eigenvalue weighted by Crippen LogP contribution is 2.43. The number of Topliss-reactive ketones (excluding diaryl/α,β-unsaturated/α-hetero) is 1. The number of nitrogens with two attached hydrogens (primary N) is 1. The van der Waals surface area contributed by atoms with Crippen LogP contribution in [0.15, 0.2) is 35.2 Å². The quantitative estimate of drug-likeness (QED) is 0.651. The van der Waals surface area contributed by atoms with E-state index in [9.17, 15) is 13.2 Å². The number of nitrogen functional groups attached to an aromatic ring is 1. The third-order valence-electron chi connectivity index (χ3n) is 4.24. The van der Waals surface area contributed by atoms with Gasteiger partial charge in [-0.05, 0) is 38.0 Å². The van der Waals surface area contributed by atoms with Crippen molar-refractivity contribution in [1.29, 1.82) is 0 Å². The van der Waals surface area contributed by atoms with Gasteiger partial charge >= 0.3 is 0 Å². The summed E-state index contributed by atoms with van der Waals surface area (Å²) in [6.07, 6.45) is 2.92. The first-order chi connectivity index (χ1) is 10.9. The van der Waals surface area contributed by atoms with E-state index in [4.69, 9.17) is 5.73 Å². The predicted molar refractivity (Wildman–Crippen MR) is 92.0 cm³/mol. The van der Waals surface area contributed by atoms with E-state index >= 15 is 0 Å². The lowest BCUT2D eigenvalue weighted by Crippen LogP contribution is -2.28. The number of benzene rings is 2. The highest BCUT2D eigenvalue weighted by atomic mass is 32.2. The van der Waals surface area contributed by atoms with Crippen LogP contribution in [0.5, 0.6) is 0 Å². The Hall–Kier alpha value is -2.08. The van der Waals surface area contributed by atoms with Crippen LogP contribution in [0.3, 0.4) is 0 Å². The maximum absolute atomic E-state index is 12.8. The van der Waals surface area contributed by atoms with Crippen LogP contribution in [0.25, 0.3) is 10.8 Å². The summed E-state index contributed by atoms with van der Waals surface area (Å²) in [5.41, 5.74) is 7.27. The van der Waals surface area contributed by atoms with Gasteiger partial charge in [0.05, 0.1) is 10.6 Å². The normalized spacial score (nSPS) is 15.3. The lowest BCUT2D eigenvalue weighted by molar-refractivity contribution is -0.117. The molecule has 2 aromatic rings. The molecule has 1 heterocycles. The smallest absolute Gasteiger partial charge is 0.265 e. The summed E-state index contributed by atoms with van der Waals surface area (Å²) >= 11 is 0. The van der Waals surface area contributed by atoms with E-state index in [2.05, 4.69) is 0 Å². The zero-order valence-electron chi connectivity index (χ0n) is 13.1. The van der Waals surface area contributed by atoms with Crippen molar-refractivity contribution in [1.82, 2.24) is 0 Å². The van der Waals surface area contributed by atoms with Crippen molar-refractivity contribution in [2.24, 2.45) is 0 Å². The number of carbonyl (C=O) groups excluding carboxylic acids is 1. The van der Waals surface area contributed by atoms with E-state index in [1.807, 2.05) is 6.07 Å². The third kappa shape index (κ3) is 2.67. The van der Waals surface area contributed by atoms with E-state index < -0.39 is 10.0 Å². The highest BCUT2D eigenvalue weighted by Gasteiger charge is 2.35. The second kappa shape index (κ2) is 5.85. The van der Waals surface area contributed by atoms with Gasteiger partial charge in [0.25, 0.3) is 10.0 Å². The fraction of sp³-hybridized carbons (Fsp3) is 0.353. The van der Waals surface area contributed by atoms with Gasteiger partial charge in [0.2, 0.25) is 0 Å². The van der Waals surface area contributed by atoms with Gasteiger partial charge in [0.15, 0.2) is 0 Å². The molecule has 1 aliphatic heterocycles. The highest BCUT2D eigenvalue weighted by molar-refractivity contribution is 7.93. The minimum Gasteiger partial charge on any atom is -0.398 e. The Labute approximate surface area is 136 Å². The molecule has 0 saturated heterocycles. The van der Waals surface area contributed by atoms with Crippen molar-refractivity contribution in [3.05, 3.63) is 30.3 Å².